The maximum absolute atomic E-state index is 12.9. The summed E-state index contributed by atoms with van der Waals surface area (Å²) in [6.07, 6.45) is 70.5. The molecular formula is C61H95NO8. The number of aliphatic hydroxyl groups excluding tert-OH is 5. The highest BCUT2D eigenvalue weighted by atomic mass is 16.7. The van der Waals surface area contributed by atoms with Gasteiger partial charge >= 0.3 is 0 Å². The zero-order valence-corrected chi connectivity index (χ0v) is 43.2. The maximum Gasteiger partial charge on any atom is 0.220 e. The molecule has 392 valence electrons. The van der Waals surface area contributed by atoms with Crippen LogP contribution in [0.3, 0.4) is 0 Å². The number of amides is 1. The van der Waals surface area contributed by atoms with Crippen molar-refractivity contribution in [2.24, 2.45) is 0 Å². The molecule has 1 amide bonds. The van der Waals surface area contributed by atoms with Crippen LogP contribution in [-0.4, -0.2) is 87.5 Å². The second kappa shape index (κ2) is 48.4. The van der Waals surface area contributed by atoms with Crippen LogP contribution in [0.25, 0.3) is 0 Å². The first kappa shape index (κ1) is 63.8. The fraction of sp³-hybridized carbons (Fsp3) is 0.557. The first-order valence-corrected chi connectivity index (χ1v) is 26.7. The fourth-order valence-corrected chi connectivity index (χ4v) is 7.10. The average molecular weight is 970 g/mol. The Morgan fingerprint density at radius 3 is 1.37 bits per heavy atom. The highest BCUT2D eigenvalue weighted by molar-refractivity contribution is 5.76. The zero-order chi connectivity index (χ0) is 50.8. The smallest absolute Gasteiger partial charge is 0.220 e. The summed E-state index contributed by atoms with van der Waals surface area (Å²) in [6.45, 7) is 3.52. The van der Waals surface area contributed by atoms with E-state index in [9.17, 15) is 30.3 Å². The lowest BCUT2D eigenvalue weighted by atomic mass is 9.99. The molecular weight excluding hydrogens is 875 g/mol. The normalized spacial score (nSPS) is 20.7. The number of allylic oxidation sites excluding steroid dienone is 25. The summed E-state index contributed by atoms with van der Waals surface area (Å²) in [4.78, 5) is 12.9. The van der Waals surface area contributed by atoms with Crippen LogP contribution >= 0.6 is 0 Å². The quantitative estimate of drug-likeness (QED) is 0.0262. The molecule has 0 radical (unpaired) electrons. The predicted octanol–water partition coefficient (Wildman–Crippen LogP) is 12.9. The van der Waals surface area contributed by atoms with Gasteiger partial charge in [-0.25, -0.2) is 0 Å². The molecule has 0 aromatic rings. The third-order valence-corrected chi connectivity index (χ3v) is 11.3. The molecule has 1 heterocycles. The molecule has 0 bridgehead atoms. The van der Waals surface area contributed by atoms with Crippen molar-refractivity contribution in [1.29, 1.82) is 0 Å². The molecule has 1 rings (SSSR count). The van der Waals surface area contributed by atoms with Crippen molar-refractivity contribution < 1.29 is 39.8 Å². The predicted molar refractivity (Wildman–Crippen MR) is 294 cm³/mol. The second-order valence-electron chi connectivity index (χ2n) is 17.6. The van der Waals surface area contributed by atoms with Crippen molar-refractivity contribution in [2.45, 2.75) is 204 Å². The minimum absolute atomic E-state index is 0.218. The highest BCUT2D eigenvalue weighted by Crippen LogP contribution is 2.22. The minimum Gasteiger partial charge on any atom is -0.394 e. The Hall–Kier alpha value is -4.19. The largest absolute Gasteiger partial charge is 0.394 e. The van der Waals surface area contributed by atoms with Crippen molar-refractivity contribution in [3.05, 3.63) is 158 Å². The monoisotopic (exact) mass is 970 g/mol. The zero-order valence-electron chi connectivity index (χ0n) is 43.2. The summed E-state index contributed by atoms with van der Waals surface area (Å²) in [7, 11) is 0. The summed E-state index contributed by atoms with van der Waals surface area (Å²) in [5, 5.41) is 54.0. The van der Waals surface area contributed by atoms with Crippen molar-refractivity contribution in [3.8, 4) is 0 Å². The SMILES string of the molecule is CC/C=C\C/C=C\C/C=C\C/C=C\C/C=C\C/C=C\C/C=C\C/C=C\C/C=C\C/C=C\C/C=C\CCCCCCCC(=O)NC(COC1OC(CO)C(O)C(O)C1O)C(O)/C=C/CC/C=C/CCCC. The molecule has 0 aromatic heterocycles. The van der Waals surface area contributed by atoms with Gasteiger partial charge in [0.15, 0.2) is 6.29 Å². The Bertz CT molecular complexity index is 1640. The van der Waals surface area contributed by atoms with E-state index in [0.717, 1.165) is 141 Å². The third kappa shape index (κ3) is 37.6. The molecule has 1 aliphatic rings. The number of ether oxygens (including phenoxy) is 2. The van der Waals surface area contributed by atoms with E-state index in [-0.39, 0.29) is 12.5 Å². The van der Waals surface area contributed by atoms with Crippen molar-refractivity contribution in [2.75, 3.05) is 13.2 Å². The number of hydrogen-bond acceptors (Lipinski definition) is 8. The van der Waals surface area contributed by atoms with Gasteiger partial charge in [0.25, 0.3) is 0 Å². The van der Waals surface area contributed by atoms with Gasteiger partial charge < -0.3 is 40.3 Å². The van der Waals surface area contributed by atoms with Crippen molar-refractivity contribution in [3.63, 3.8) is 0 Å². The van der Waals surface area contributed by atoms with E-state index < -0.39 is 49.5 Å². The topological polar surface area (TPSA) is 149 Å². The summed E-state index contributed by atoms with van der Waals surface area (Å²) >= 11 is 0. The van der Waals surface area contributed by atoms with Crippen molar-refractivity contribution in [1.82, 2.24) is 5.32 Å². The van der Waals surface area contributed by atoms with Crippen LogP contribution < -0.4 is 5.32 Å². The molecule has 1 fully saturated rings. The van der Waals surface area contributed by atoms with Crippen LogP contribution in [0.5, 0.6) is 0 Å². The van der Waals surface area contributed by atoms with E-state index in [1.165, 1.54) is 0 Å². The lowest BCUT2D eigenvalue weighted by Gasteiger charge is -2.40. The van der Waals surface area contributed by atoms with Crippen LogP contribution in [-0.2, 0) is 14.3 Å². The van der Waals surface area contributed by atoms with Crippen LogP contribution in [0.1, 0.15) is 162 Å². The van der Waals surface area contributed by atoms with Gasteiger partial charge in [-0.15, -0.1) is 0 Å². The maximum atomic E-state index is 12.9. The van der Waals surface area contributed by atoms with Crippen LogP contribution in [0.4, 0.5) is 0 Å². The van der Waals surface area contributed by atoms with Gasteiger partial charge in [0, 0.05) is 6.42 Å². The number of carbonyl (C=O) groups is 1. The second-order valence-corrected chi connectivity index (χ2v) is 17.6. The molecule has 0 aromatic carbocycles. The Balaban J connectivity index is 2.16. The number of rotatable bonds is 42. The van der Waals surface area contributed by atoms with Gasteiger partial charge in [-0.05, 0) is 109 Å². The Morgan fingerprint density at radius 2 is 0.900 bits per heavy atom. The molecule has 0 spiro atoms. The highest BCUT2D eigenvalue weighted by Gasteiger charge is 2.44. The van der Waals surface area contributed by atoms with E-state index in [0.29, 0.717) is 6.42 Å². The molecule has 6 N–H and O–H groups in total. The standard InChI is InChI=1S/C61H95NO8/c1-3-5-7-9-11-13-14-15-16-17-18-19-20-21-22-23-24-25-26-27-28-29-30-31-32-33-34-35-36-37-38-39-40-41-42-43-45-47-49-51-57(65)62-54(55(64)50-48-46-44-12-10-8-6-4-2)53-69-61-60(68)59(67)58(66)56(52-63)70-61/h5,7,10-13,15-16,18-19,21-22,24-25,27-28,30-31,33-34,36-37,39-40,48,50,54-56,58-61,63-64,66-68H,3-4,6,8-9,14,17,20,23,26,29,32,35,38,41-47,49,51-53H2,1-2H3,(H,62,65)/b7-5-,12-10+,13-11-,16-15-,19-18-,22-21-,25-24-,28-27-,31-30-,34-33-,37-36-,40-39-,50-48+. The number of hydrogen-bond donors (Lipinski definition) is 6. The Kier molecular flexibility index (Phi) is 44.2. The van der Waals surface area contributed by atoms with E-state index in [4.69, 9.17) is 9.47 Å². The van der Waals surface area contributed by atoms with E-state index in [1.54, 1.807) is 6.08 Å². The van der Waals surface area contributed by atoms with Gasteiger partial charge in [0.05, 0.1) is 25.4 Å². The number of aliphatic hydroxyl groups is 5. The third-order valence-electron chi connectivity index (χ3n) is 11.3. The Morgan fingerprint density at radius 1 is 0.500 bits per heavy atom. The van der Waals surface area contributed by atoms with E-state index in [2.05, 4.69) is 165 Å². The van der Waals surface area contributed by atoms with Crippen LogP contribution in [0, 0.1) is 0 Å². The summed E-state index contributed by atoms with van der Waals surface area (Å²) in [5.41, 5.74) is 0. The first-order valence-electron chi connectivity index (χ1n) is 26.7. The van der Waals surface area contributed by atoms with Crippen LogP contribution in [0.15, 0.2) is 158 Å². The summed E-state index contributed by atoms with van der Waals surface area (Å²) < 4.78 is 11.1. The van der Waals surface area contributed by atoms with Gasteiger partial charge in [-0.1, -0.05) is 204 Å². The molecule has 70 heavy (non-hydrogen) atoms. The molecule has 9 heteroatoms. The number of carbonyl (C=O) groups excluding carboxylic acids is 1. The molecule has 7 atom stereocenters. The molecule has 0 saturated carbocycles. The summed E-state index contributed by atoms with van der Waals surface area (Å²) in [6, 6.07) is -0.841. The molecule has 7 unspecified atom stereocenters. The lowest BCUT2D eigenvalue weighted by molar-refractivity contribution is -0.302. The minimum atomic E-state index is -1.58. The van der Waals surface area contributed by atoms with Crippen molar-refractivity contribution >= 4 is 5.91 Å². The molecule has 1 aliphatic heterocycles. The fourth-order valence-electron chi connectivity index (χ4n) is 7.10. The lowest BCUT2D eigenvalue weighted by Crippen LogP contribution is -2.60. The van der Waals surface area contributed by atoms with Gasteiger partial charge in [-0.3, -0.25) is 4.79 Å². The first-order chi connectivity index (χ1) is 34.3. The van der Waals surface area contributed by atoms with E-state index >= 15 is 0 Å². The van der Waals surface area contributed by atoms with Gasteiger partial charge in [0.2, 0.25) is 5.91 Å². The molecule has 1 saturated heterocycles. The van der Waals surface area contributed by atoms with Gasteiger partial charge in [-0.2, -0.15) is 0 Å². The van der Waals surface area contributed by atoms with E-state index in [1.807, 2.05) is 6.08 Å². The number of nitrogens with one attached hydrogen (secondary N) is 1. The number of unbranched alkanes of at least 4 members (excludes halogenated alkanes) is 8. The average Bonchev–Trinajstić information content (AvgIpc) is 3.36. The molecule has 9 nitrogen and oxygen atoms in total. The van der Waals surface area contributed by atoms with Crippen LogP contribution in [0.2, 0.25) is 0 Å². The summed E-state index contributed by atoms with van der Waals surface area (Å²) in [5.74, 6) is -0.218. The van der Waals surface area contributed by atoms with Gasteiger partial charge in [0.1, 0.15) is 24.4 Å². The Labute approximate surface area is 425 Å². The molecule has 0 aliphatic carbocycles.